The monoisotopic (exact) mass is 587 g/mol. The molecule has 0 bridgehead atoms. The lowest BCUT2D eigenvalue weighted by atomic mass is 9.89. The van der Waals surface area contributed by atoms with Gasteiger partial charge < -0.3 is 19.6 Å². The summed E-state index contributed by atoms with van der Waals surface area (Å²) >= 11 is 6.05. The Labute approximate surface area is 241 Å². The average Bonchev–Trinajstić information content (AvgIpc) is 3.29. The number of rotatable bonds is 11. The topological polar surface area (TPSA) is 114 Å². The molecule has 0 saturated carbocycles. The van der Waals surface area contributed by atoms with Crippen molar-refractivity contribution in [2.45, 2.75) is 66.7 Å². The van der Waals surface area contributed by atoms with Crippen LogP contribution in [0.5, 0.6) is 5.75 Å². The molecule has 0 unspecified atom stereocenters. The summed E-state index contributed by atoms with van der Waals surface area (Å²) in [5.74, 6) is 1.38. The third-order valence-corrected chi connectivity index (χ3v) is 8.78. The number of pyridine rings is 1. The predicted octanol–water partition coefficient (Wildman–Crippen LogP) is 7.32. The summed E-state index contributed by atoms with van der Waals surface area (Å²) in [6, 6.07) is 14.3. The molecule has 11 heteroatoms. The van der Waals surface area contributed by atoms with E-state index in [0.717, 1.165) is 16.4 Å². The van der Waals surface area contributed by atoms with Gasteiger partial charge in [0.1, 0.15) is 23.7 Å². The zero-order valence-electron chi connectivity index (χ0n) is 24.2. The first-order chi connectivity index (χ1) is 18.7. The van der Waals surface area contributed by atoms with Gasteiger partial charge in [0.2, 0.25) is 0 Å². The first-order valence-electron chi connectivity index (χ1n) is 13.4. The van der Waals surface area contributed by atoms with E-state index in [2.05, 4.69) is 35.4 Å². The summed E-state index contributed by atoms with van der Waals surface area (Å²) in [7, 11) is -3.86. The second kappa shape index (κ2) is 11.7. The number of fused-ring (bicyclic) bond motifs is 3. The molecule has 4 rings (SSSR count). The van der Waals surface area contributed by atoms with E-state index in [1.54, 1.807) is 24.3 Å². The smallest absolute Gasteiger partial charge is 0.413 e. The van der Waals surface area contributed by atoms with Crippen molar-refractivity contribution in [3.05, 3.63) is 59.4 Å². The van der Waals surface area contributed by atoms with Crippen LogP contribution in [0.3, 0.4) is 0 Å². The van der Waals surface area contributed by atoms with Crippen LogP contribution in [0.25, 0.3) is 21.9 Å². The number of imidazole rings is 1. The SMILES string of the molecule is CCOCc1nc2c(N)nc3ccccc3c2n1C(C)(C)CO[P@@](=O)(N[C@@H](C)C(C)(C)C)Oc1ccc(Cl)cc1. The number of benzene rings is 2. The lowest BCUT2D eigenvalue weighted by Crippen LogP contribution is -2.39. The largest absolute Gasteiger partial charge is 0.459 e. The highest BCUT2D eigenvalue weighted by Gasteiger charge is 2.37. The summed E-state index contributed by atoms with van der Waals surface area (Å²) in [6.45, 7) is 14.9. The highest BCUT2D eigenvalue weighted by molar-refractivity contribution is 7.52. The molecule has 40 heavy (non-hydrogen) atoms. The number of aromatic nitrogens is 3. The Morgan fingerprint density at radius 1 is 1.07 bits per heavy atom. The van der Waals surface area contributed by atoms with Crippen molar-refractivity contribution >= 4 is 47.1 Å². The first-order valence-corrected chi connectivity index (χ1v) is 15.3. The van der Waals surface area contributed by atoms with Crippen LogP contribution in [0.15, 0.2) is 48.5 Å². The van der Waals surface area contributed by atoms with Gasteiger partial charge in [-0.3, -0.25) is 4.52 Å². The number of nitrogens with zero attached hydrogens (tertiary/aromatic N) is 3. The van der Waals surface area contributed by atoms with Gasteiger partial charge in [0.05, 0.1) is 23.2 Å². The van der Waals surface area contributed by atoms with Gasteiger partial charge in [-0.2, -0.15) is 0 Å². The Bertz CT molecular complexity index is 1530. The summed E-state index contributed by atoms with van der Waals surface area (Å²) in [5, 5.41) is 4.59. The summed E-state index contributed by atoms with van der Waals surface area (Å²) in [4.78, 5) is 9.39. The third-order valence-electron chi connectivity index (χ3n) is 6.91. The molecule has 2 heterocycles. The zero-order valence-corrected chi connectivity index (χ0v) is 25.8. The number of nitrogen functional groups attached to an aromatic ring is 1. The molecule has 216 valence electrons. The van der Waals surface area contributed by atoms with E-state index in [4.69, 9.17) is 36.1 Å². The van der Waals surface area contributed by atoms with Crippen molar-refractivity contribution in [2.24, 2.45) is 5.41 Å². The highest BCUT2D eigenvalue weighted by Crippen LogP contribution is 2.48. The maximum atomic E-state index is 14.3. The van der Waals surface area contributed by atoms with Gasteiger partial charge in [0.25, 0.3) is 0 Å². The van der Waals surface area contributed by atoms with Crippen LogP contribution >= 0.6 is 19.3 Å². The molecule has 0 radical (unpaired) electrons. The number of hydrogen-bond acceptors (Lipinski definition) is 7. The van der Waals surface area contributed by atoms with Crippen molar-refractivity contribution in [1.82, 2.24) is 19.6 Å². The van der Waals surface area contributed by atoms with Crippen LogP contribution in [-0.4, -0.2) is 33.8 Å². The molecule has 0 saturated heterocycles. The van der Waals surface area contributed by atoms with Crippen LogP contribution in [0, 0.1) is 5.41 Å². The quantitative estimate of drug-likeness (QED) is 0.175. The molecule has 2 aromatic carbocycles. The van der Waals surface area contributed by atoms with E-state index >= 15 is 0 Å². The maximum Gasteiger partial charge on any atom is 0.459 e. The van der Waals surface area contributed by atoms with Crippen molar-refractivity contribution in [3.8, 4) is 5.75 Å². The molecule has 4 aromatic rings. The van der Waals surface area contributed by atoms with E-state index in [1.807, 2.05) is 52.0 Å². The third kappa shape index (κ3) is 6.61. The van der Waals surface area contributed by atoms with Crippen LogP contribution in [0.2, 0.25) is 5.02 Å². The van der Waals surface area contributed by atoms with Gasteiger partial charge in [-0.25, -0.2) is 19.6 Å². The van der Waals surface area contributed by atoms with Crippen LogP contribution in [0.1, 0.15) is 54.3 Å². The summed E-state index contributed by atoms with van der Waals surface area (Å²) in [5.41, 5.74) is 7.58. The Morgan fingerprint density at radius 2 is 1.75 bits per heavy atom. The number of hydrogen-bond donors (Lipinski definition) is 2. The molecule has 3 N–H and O–H groups in total. The maximum absolute atomic E-state index is 14.3. The minimum atomic E-state index is -3.86. The first kappa shape index (κ1) is 30.3. The van der Waals surface area contributed by atoms with E-state index < -0.39 is 13.3 Å². The number of ether oxygens (including phenoxy) is 1. The lowest BCUT2D eigenvalue weighted by Gasteiger charge is -2.34. The number of para-hydroxylation sites is 1. The van der Waals surface area contributed by atoms with Gasteiger partial charge in [0.15, 0.2) is 5.82 Å². The molecular formula is C29H39ClN5O4P. The van der Waals surface area contributed by atoms with Crippen molar-refractivity contribution in [3.63, 3.8) is 0 Å². The number of halogens is 1. The van der Waals surface area contributed by atoms with E-state index in [1.165, 1.54) is 0 Å². The predicted molar refractivity (Wildman–Crippen MR) is 162 cm³/mol. The van der Waals surface area contributed by atoms with E-state index in [0.29, 0.717) is 34.5 Å². The minimum absolute atomic E-state index is 0.0306. The van der Waals surface area contributed by atoms with Crippen molar-refractivity contribution in [2.75, 3.05) is 18.9 Å². The molecule has 0 aliphatic rings. The van der Waals surface area contributed by atoms with Gasteiger partial charge in [-0.15, -0.1) is 0 Å². The molecule has 0 fully saturated rings. The zero-order chi connectivity index (χ0) is 29.3. The van der Waals surface area contributed by atoms with Crippen LogP contribution < -0.4 is 15.3 Å². The van der Waals surface area contributed by atoms with E-state index in [-0.39, 0.29) is 24.7 Å². The number of nitrogens with two attached hydrogens (primary N) is 1. The van der Waals surface area contributed by atoms with Gasteiger partial charge in [0, 0.05) is 23.1 Å². The number of nitrogens with one attached hydrogen (secondary N) is 1. The molecule has 0 spiro atoms. The second-order valence-electron chi connectivity index (χ2n) is 11.6. The second-order valence-corrected chi connectivity index (χ2v) is 13.7. The Kier molecular flexibility index (Phi) is 8.83. The van der Waals surface area contributed by atoms with Crippen molar-refractivity contribution < 1.29 is 18.3 Å². The standard InChI is InChI=1S/C29H39ClN5O4P/c1-8-37-17-24-33-25-26(22-11-9-10-12-23(22)32-27(25)31)35(24)29(6,7)18-38-40(36,34-19(2)28(3,4)5)39-21-15-13-20(30)14-16-21/h9-16,19H,8,17-18H2,1-7H3,(H2,31,32)(H,34,36)/t19-,40-/m0/s1. The van der Waals surface area contributed by atoms with Crippen molar-refractivity contribution in [1.29, 1.82) is 0 Å². The van der Waals surface area contributed by atoms with Gasteiger partial charge in [-0.1, -0.05) is 50.6 Å². The fourth-order valence-electron chi connectivity index (χ4n) is 4.25. The fraction of sp³-hybridized carbons (Fsp3) is 0.448. The lowest BCUT2D eigenvalue weighted by molar-refractivity contribution is 0.112. The molecule has 0 aliphatic carbocycles. The minimum Gasteiger partial charge on any atom is -0.413 e. The molecular weight excluding hydrogens is 549 g/mol. The Morgan fingerprint density at radius 3 is 2.40 bits per heavy atom. The average molecular weight is 588 g/mol. The molecule has 0 aliphatic heterocycles. The summed E-state index contributed by atoms with van der Waals surface area (Å²) in [6.07, 6.45) is 0. The molecule has 0 amide bonds. The van der Waals surface area contributed by atoms with Gasteiger partial charge in [-0.05, 0) is 63.4 Å². The normalized spacial score (nSPS) is 14.9. The fourth-order valence-corrected chi connectivity index (χ4v) is 6.31. The van der Waals surface area contributed by atoms with Gasteiger partial charge >= 0.3 is 7.75 Å². The van der Waals surface area contributed by atoms with Crippen LogP contribution in [-0.2, 0) is 26.0 Å². The molecule has 2 aromatic heterocycles. The molecule has 2 atom stereocenters. The number of anilines is 1. The van der Waals surface area contributed by atoms with Crippen LogP contribution in [0.4, 0.5) is 5.82 Å². The van der Waals surface area contributed by atoms with E-state index in [9.17, 15) is 4.57 Å². The summed E-state index contributed by atoms with van der Waals surface area (Å²) < 4.78 is 34.3. The molecule has 9 nitrogen and oxygen atoms in total. The Balaban J connectivity index is 1.76. The Hall–Kier alpha value is -2.68. The highest BCUT2D eigenvalue weighted by atomic mass is 35.5.